The Morgan fingerprint density at radius 1 is 0.862 bits per heavy atom. The molecule has 0 aliphatic rings. The van der Waals surface area contributed by atoms with Gasteiger partial charge in [-0.1, -0.05) is 30.3 Å². The second kappa shape index (κ2) is 10.5. The van der Waals surface area contributed by atoms with E-state index in [2.05, 4.69) is 11.4 Å². The number of hydrogen-bond donors (Lipinski definition) is 2. The number of ether oxygens (including phenoxy) is 3. The molecule has 0 fully saturated rings. The normalized spacial score (nSPS) is 10.5. The summed E-state index contributed by atoms with van der Waals surface area (Å²) in [5.74, 6) is 2.55. The maximum atomic E-state index is 6.01. The molecule has 152 valence electrons. The summed E-state index contributed by atoms with van der Waals surface area (Å²) < 4.78 is 17.2. The molecule has 0 amide bonds. The third-order valence-corrected chi connectivity index (χ3v) is 4.58. The topological polar surface area (TPSA) is 65.7 Å². The second-order valence-corrected chi connectivity index (χ2v) is 7.03. The number of unbranched alkanes of at least 4 members (excludes halogenated alkanes) is 2. The van der Waals surface area contributed by atoms with Crippen molar-refractivity contribution < 1.29 is 14.2 Å². The van der Waals surface area contributed by atoms with Crippen LogP contribution in [0.3, 0.4) is 0 Å². The van der Waals surface area contributed by atoms with E-state index in [1.54, 1.807) is 7.11 Å². The van der Waals surface area contributed by atoms with E-state index in [0.29, 0.717) is 13.2 Å². The minimum absolute atomic E-state index is 0.242. The Morgan fingerprint density at radius 3 is 2.28 bits per heavy atom. The zero-order valence-corrected chi connectivity index (χ0v) is 17.3. The molecule has 3 N–H and O–H groups in total. The molecule has 29 heavy (non-hydrogen) atoms. The predicted molar refractivity (Wildman–Crippen MR) is 122 cm³/mol. The van der Waals surface area contributed by atoms with Gasteiger partial charge in [-0.15, -0.1) is 0 Å². The fraction of sp³-hybridized carbons (Fsp3) is 0.261. The van der Waals surface area contributed by atoms with Crippen LogP contribution in [0.15, 0.2) is 60.7 Å². The number of fused-ring (bicyclic) bond motifs is 1. The molecule has 0 bridgehead atoms. The summed E-state index contributed by atoms with van der Waals surface area (Å²) >= 11 is 4.85. The Kier molecular flexibility index (Phi) is 7.53. The molecule has 0 saturated heterocycles. The lowest BCUT2D eigenvalue weighted by molar-refractivity contribution is 0.281. The largest absolute Gasteiger partial charge is 0.496 e. The zero-order chi connectivity index (χ0) is 20.5. The third kappa shape index (κ3) is 5.99. The number of methoxy groups -OCH3 is 1. The fourth-order valence-corrected chi connectivity index (χ4v) is 3.22. The van der Waals surface area contributed by atoms with Gasteiger partial charge in [-0.2, -0.15) is 0 Å². The number of nitrogens with one attached hydrogen (secondary N) is 1. The van der Waals surface area contributed by atoms with Crippen molar-refractivity contribution in [1.82, 2.24) is 0 Å². The van der Waals surface area contributed by atoms with Crippen LogP contribution in [-0.2, 0) is 0 Å². The average molecular weight is 411 g/mol. The molecule has 3 aromatic carbocycles. The van der Waals surface area contributed by atoms with Crippen LogP contribution in [0, 0.1) is 0 Å². The van der Waals surface area contributed by atoms with E-state index in [0.717, 1.165) is 53.0 Å². The predicted octanol–water partition coefficient (Wildman–Crippen LogP) is 5.13. The summed E-state index contributed by atoms with van der Waals surface area (Å²) in [6.07, 6.45) is 2.95. The average Bonchev–Trinajstić information content (AvgIpc) is 2.73. The van der Waals surface area contributed by atoms with E-state index in [1.165, 1.54) is 0 Å². The molecule has 0 aliphatic carbocycles. The van der Waals surface area contributed by atoms with E-state index in [1.807, 2.05) is 54.6 Å². The van der Waals surface area contributed by atoms with Gasteiger partial charge < -0.3 is 25.3 Å². The number of hydrogen-bond acceptors (Lipinski definition) is 4. The first-order valence-corrected chi connectivity index (χ1v) is 10.1. The third-order valence-electron chi connectivity index (χ3n) is 4.48. The van der Waals surface area contributed by atoms with Gasteiger partial charge in [0.1, 0.15) is 17.2 Å². The molecule has 0 heterocycles. The maximum absolute atomic E-state index is 6.01. The molecular formula is C23H26N2O3S. The highest BCUT2D eigenvalue weighted by Crippen LogP contribution is 2.32. The summed E-state index contributed by atoms with van der Waals surface area (Å²) in [4.78, 5) is 0. The van der Waals surface area contributed by atoms with Gasteiger partial charge in [0.25, 0.3) is 0 Å². The van der Waals surface area contributed by atoms with Crippen LogP contribution in [0.2, 0.25) is 0 Å². The first-order chi connectivity index (χ1) is 14.2. The molecule has 6 heteroatoms. The lowest BCUT2D eigenvalue weighted by atomic mass is 10.1. The summed E-state index contributed by atoms with van der Waals surface area (Å²) in [6, 6.07) is 19.6. The van der Waals surface area contributed by atoms with Crippen molar-refractivity contribution in [2.24, 2.45) is 5.73 Å². The van der Waals surface area contributed by atoms with E-state index >= 15 is 0 Å². The van der Waals surface area contributed by atoms with Gasteiger partial charge in [-0.25, -0.2) is 0 Å². The van der Waals surface area contributed by atoms with Gasteiger partial charge in [0, 0.05) is 22.5 Å². The van der Waals surface area contributed by atoms with E-state index in [-0.39, 0.29) is 5.11 Å². The van der Waals surface area contributed by atoms with Gasteiger partial charge in [0.15, 0.2) is 5.11 Å². The molecule has 0 radical (unpaired) electrons. The number of anilines is 1. The minimum atomic E-state index is 0.242. The lowest BCUT2D eigenvalue weighted by Gasteiger charge is -2.12. The van der Waals surface area contributed by atoms with Gasteiger partial charge in [-0.3, -0.25) is 0 Å². The van der Waals surface area contributed by atoms with Crippen LogP contribution in [0.1, 0.15) is 19.3 Å². The van der Waals surface area contributed by atoms with Crippen molar-refractivity contribution in [1.29, 1.82) is 0 Å². The Bertz CT molecular complexity index is 962. The van der Waals surface area contributed by atoms with Crippen molar-refractivity contribution in [3.05, 3.63) is 60.7 Å². The molecule has 3 aromatic rings. The second-order valence-electron chi connectivity index (χ2n) is 6.59. The van der Waals surface area contributed by atoms with Crippen molar-refractivity contribution in [3.8, 4) is 17.2 Å². The molecule has 5 nitrogen and oxygen atoms in total. The minimum Gasteiger partial charge on any atom is -0.496 e. The van der Waals surface area contributed by atoms with Crippen LogP contribution in [0.4, 0.5) is 5.69 Å². The molecule has 0 unspecified atom stereocenters. The van der Waals surface area contributed by atoms with Crippen molar-refractivity contribution >= 4 is 33.8 Å². The van der Waals surface area contributed by atoms with Crippen molar-refractivity contribution in [3.63, 3.8) is 0 Å². The summed E-state index contributed by atoms with van der Waals surface area (Å²) in [5, 5.41) is 5.28. The van der Waals surface area contributed by atoms with Gasteiger partial charge in [0.2, 0.25) is 0 Å². The number of rotatable bonds is 10. The summed E-state index contributed by atoms with van der Waals surface area (Å²) in [7, 11) is 1.68. The van der Waals surface area contributed by atoms with Crippen LogP contribution in [0.25, 0.3) is 10.8 Å². The SMILES string of the molecule is COc1ccc(OCCCCCOc2cccc(NC(N)=S)c2)c2ccccc12. The van der Waals surface area contributed by atoms with Crippen LogP contribution in [-0.4, -0.2) is 25.4 Å². The molecule has 0 spiro atoms. The summed E-state index contributed by atoms with van der Waals surface area (Å²) in [5.41, 5.74) is 6.32. The highest BCUT2D eigenvalue weighted by atomic mass is 32.1. The van der Waals surface area contributed by atoms with Gasteiger partial charge in [0.05, 0.1) is 20.3 Å². The Labute approximate surface area is 176 Å². The molecule has 0 aromatic heterocycles. The van der Waals surface area contributed by atoms with E-state index < -0.39 is 0 Å². The molecule has 0 saturated carbocycles. The molecular weight excluding hydrogens is 384 g/mol. The van der Waals surface area contributed by atoms with Crippen LogP contribution in [0.5, 0.6) is 17.2 Å². The van der Waals surface area contributed by atoms with Gasteiger partial charge in [-0.05, 0) is 55.7 Å². The monoisotopic (exact) mass is 410 g/mol. The molecule has 3 rings (SSSR count). The highest BCUT2D eigenvalue weighted by Gasteiger charge is 2.06. The number of nitrogens with two attached hydrogens (primary N) is 1. The van der Waals surface area contributed by atoms with Gasteiger partial charge >= 0.3 is 0 Å². The number of benzene rings is 3. The van der Waals surface area contributed by atoms with E-state index in [9.17, 15) is 0 Å². The standard InChI is InChI=1S/C23H26N2O3S/c1-26-21-12-13-22(20-11-4-3-10-19(20)21)28-15-6-2-5-14-27-18-9-7-8-17(16-18)25-23(24)29/h3-4,7-13,16H,2,5-6,14-15H2,1H3,(H3,24,25,29). The maximum Gasteiger partial charge on any atom is 0.168 e. The Hall–Kier alpha value is -2.99. The van der Waals surface area contributed by atoms with Crippen LogP contribution < -0.4 is 25.3 Å². The number of thiocarbonyl (C=S) groups is 1. The summed E-state index contributed by atoms with van der Waals surface area (Å²) in [6.45, 7) is 1.33. The molecule has 0 aliphatic heterocycles. The first-order valence-electron chi connectivity index (χ1n) is 9.65. The van der Waals surface area contributed by atoms with Crippen molar-refractivity contribution in [2.45, 2.75) is 19.3 Å². The lowest BCUT2D eigenvalue weighted by Crippen LogP contribution is -2.18. The quantitative estimate of drug-likeness (QED) is 0.357. The van der Waals surface area contributed by atoms with Crippen LogP contribution >= 0.6 is 12.2 Å². The fourth-order valence-electron chi connectivity index (χ4n) is 3.11. The zero-order valence-electron chi connectivity index (χ0n) is 16.5. The van der Waals surface area contributed by atoms with E-state index in [4.69, 9.17) is 32.2 Å². The first kappa shape index (κ1) is 20.7. The Morgan fingerprint density at radius 2 is 1.55 bits per heavy atom. The smallest absolute Gasteiger partial charge is 0.168 e. The Balaban J connectivity index is 1.40. The highest BCUT2D eigenvalue weighted by molar-refractivity contribution is 7.80. The molecule has 0 atom stereocenters. The van der Waals surface area contributed by atoms with Crippen molar-refractivity contribution in [2.75, 3.05) is 25.6 Å².